The lowest BCUT2D eigenvalue weighted by molar-refractivity contribution is 0.111. The Morgan fingerprint density at radius 3 is 2.50 bits per heavy atom. The topological polar surface area (TPSA) is 53.7 Å². The third-order valence-corrected chi connectivity index (χ3v) is 3.56. The first kappa shape index (κ1) is 20.0. The standard InChI is InChI=1S/C20H25F2NO3/c1-14(2)26-17-6-8-20(19(23)12-17)25-10-4-3-9-24-13-15-11-16(21)5-7-18(15)22/h5-8,11-12,14H,3-4,9-10,13,23H2,1-2H3. The summed E-state index contributed by atoms with van der Waals surface area (Å²) in [5, 5.41) is 0. The van der Waals surface area contributed by atoms with Gasteiger partial charge in [-0.25, -0.2) is 8.78 Å². The predicted molar refractivity (Wildman–Crippen MR) is 97.4 cm³/mol. The lowest BCUT2D eigenvalue weighted by Crippen LogP contribution is -2.07. The van der Waals surface area contributed by atoms with E-state index in [1.54, 1.807) is 12.1 Å². The number of nitrogen functional groups attached to an aromatic ring is 1. The minimum Gasteiger partial charge on any atom is -0.491 e. The Hall–Kier alpha value is -2.34. The van der Waals surface area contributed by atoms with Crippen LogP contribution in [-0.2, 0) is 11.3 Å². The van der Waals surface area contributed by atoms with Crippen LogP contribution < -0.4 is 15.2 Å². The van der Waals surface area contributed by atoms with E-state index in [1.807, 2.05) is 19.9 Å². The van der Waals surface area contributed by atoms with Crippen molar-refractivity contribution < 1.29 is 23.0 Å². The smallest absolute Gasteiger partial charge is 0.142 e. The molecule has 6 heteroatoms. The minimum atomic E-state index is -0.471. The van der Waals surface area contributed by atoms with E-state index in [0.717, 1.165) is 31.0 Å². The largest absolute Gasteiger partial charge is 0.491 e. The van der Waals surface area contributed by atoms with Gasteiger partial charge in [0.2, 0.25) is 0 Å². The highest BCUT2D eigenvalue weighted by molar-refractivity contribution is 5.56. The van der Waals surface area contributed by atoms with E-state index in [-0.39, 0.29) is 18.3 Å². The van der Waals surface area contributed by atoms with Crippen molar-refractivity contribution in [1.29, 1.82) is 0 Å². The molecule has 0 heterocycles. The van der Waals surface area contributed by atoms with E-state index in [0.29, 0.717) is 30.4 Å². The van der Waals surface area contributed by atoms with Crippen molar-refractivity contribution in [2.75, 3.05) is 18.9 Å². The summed E-state index contributed by atoms with van der Waals surface area (Å²) in [6.45, 7) is 4.88. The maximum atomic E-state index is 13.4. The van der Waals surface area contributed by atoms with Crippen LogP contribution in [0.5, 0.6) is 11.5 Å². The Morgan fingerprint density at radius 1 is 1.00 bits per heavy atom. The van der Waals surface area contributed by atoms with Crippen LogP contribution in [0.4, 0.5) is 14.5 Å². The van der Waals surface area contributed by atoms with Gasteiger partial charge in [0.15, 0.2) is 0 Å². The van der Waals surface area contributed by atoms with Gasteiger partial charge in [-0.1, -0.05) is 0 Å². The first-order chi connectivity index (χ1) is 12.5. The predicted octanol–water partition coefficient (Wildman–Crippen LogP) is 4.71. The molecule has 142 valence electrons. The Labute approximate surface area is 152 Å². The molecule has 0 aliphatic heterocycles. The van der Waals surface area contributed by atoms with Gasteiger partial charge >= 0.3 is 0 Å². The quantitative estimate of drug-likeness (QED) is 0.489. The molecule has 2 aromatic rings. The second-order valence-corrected chi connectivity index (χ2v) is 6.21. The van der Waals surface area contributed by atoms with E-state index in [1.165, 1.54) is 0 Å². The van der Waals surface area contributed by atoms with Crippen molar-refractivity contribution in [1.82, 2.24) is 0 Å². The molecule has 26 heavy (non-hydrogen) atoms. The van der Waals surface area contributed by atoms with Crippen molar-refractivity contribution >= 4 is 5.69 Å². The Bertz CT molecular complexity index is 707. The van der Waals surface area contributed by atoms with E-state index in [4.69, 9.17) is 19.9 Å². The third kappa shape index (κ3) is 6.52. The molecule has 0 amide bonds. The molecule has 4 nitrogen and oxygen atoms in total. The zero-order valence-corrected chi connectivity index (χ0v) is 15.1. The van der Waals surface area contributed by atoms with Gasteiger partial charge in [0, 0.05) is 18.2 Å². The highest BCUT2D eigenvalue weighted by Crippen LogP contribution is 2.27. The molecule has 0 aromatic heterocycles. The van der Waals surface area contributed by atoms with E-state index >= 15 is 0 Å². The van der Waals surface area contributed by atoms with Crippen LogP contribution in [0, 0.1) is 11.6 Å². The number of unbranched alkanes of at least 4 members (excludes halogenated alkanes) is 1. The van der Waals surface area contributed by atoms with E-state index < -0.39 is 11.6 Å². The number of ether oxygens (including phenoxy) is 3. The lowest BCUT2D eigenvalue weighted by Gasteiger charge is -2.13. The Morgan fingerprint density at radius 2 is 1.77 bits per heavy atom. The van der Waals surface area contributed by atoms with Gasteiger partial charge in [-0.15, -0.1) is 0 Å². The molecule has 2 rings (SSSR count). The fourth-order valence-electron chi connectivity index (χ4n) is 2.33. The number of nitrogens with two attached hydrogens (primary N) is 1. The van der Waals surface area contributed by atoms with Gasteiger partial charge < -0.3 is 19.9 Å². The van der Waals surface area contributed by atoms with Crippen molar-refractivity contribution in [3.63, 3.8) is 0 Å². The normalized spacial score (nSPS) is 11.0. The maximum absolute atomic E-state index is 13.4. The molecule has 0 unspecified atom stereocenters. The SMILES string of the molecule is CC(C)Oc1ccc(OCCCCOCc2cc(F)ccc2F)c(N)c1. The number of hydrogen-bond donors (Lipinski definition) is 1. The first-order valence-electron chi connectivity index (χ1n) is 8.66. The van der Waals surface area contributed by atoms with Crippen molar-refractivity contribution in [2.45, 2.75) is 39.4 Å². The first-order valence-corrected chi connectivity index (χ1v) is 8.66. The Kier molecular flexibility index (Phi) is 7.66. The van der Waals surface area contributed by atoms with Crippen LogP contribution in [0.2, 0.25) is 0 Å². The van der Waals surface area contributed by atoms with Gasteiger partial charge in [0.05, 0.1) is 25.0 Å². The molecule has 0 spiro atoms. The van der Waals surface area contributed by atoms with Gasteiger partial charge in [-0.3, -0.25) is 0 Å². The van der Waals surface area contributed by atoms with Crippen LogP contribution in [0.25, 0.3) is 0 Å². The second kappa shape index (κ2) is 9.97. The zero-order chi connectivity index (χ0) is 18.9. The molecule has 0 saturated heterocycles. The molecule has 0 aliphatic carbocycles. The summed E-state index contributed by atoms with van der Waals surface area (Å²) in [5.74, 6) is 0.391. The molecular weight excluding hydrogens is 340 g/mol. The molecule has 0 radical (unpaired) electrons. The van der Waals surface area contributed by atoms with Crippen LogP contribution in [0.3, 0.4) is 0 Å². The second-order valence-electron chi connectivity index (χ2n) is 6.21. The molecule has 0 atom stereocenters. The molecule has 0 aliphatic rings. The van der Waals surface area contributed by atoms with Crippen molar-refractivity contribution in [3.05, 3.63) is 53.6 Å². The number of benzene rings is 2. The molecular formula is C20H25F2NO3. The summed E-state index contributed by atoms with van der Waals surface area (Å²) in [4.78, 5) is 0. The Balaban J connectivity index is 1.64. The summed E-state index contributed by atoms with van der Waals surface area (Å²) in [6.07, 6.45) is 1.59. The van der Waals surface area contributed by atoms with Crippen LogP contribution >= 0.6 is 0 Å². The third-order valence-electron chi connectivity index (χ3n) is 3.56. The van der Waals surface area contributed by atoms with Crippen LogP contribution in [0.1, 0.15) is 32.3 Å². The molecule has 2 aromatic carbocycles. The maximum Gasteiger partial charge on any atom is 0.142 e. The van der Waals surface area contributed by atoms with E-state index in [2.05, 4.69) is 0 Å². The monoisotopic (exact) mass is 365 g/mol. The summed E-state index contributed by atoms with van der Waals surface area (Å²) >= 11 is 0. The van der Waals surface area contributed by atoms with Crippen molar-refractivity contribution in [2.24, 2.45) is 0 Å². The fraction of sp³-hybridized carbons (Fsp3) is 0.400. The van der Waals surface area contributed by atoms with Crippen LogP contribution in [-0.4, -0.2) is 19.3 Å². The van der Waals surface area contributed by atoms with Gasteiger partial charge in [0.1, 0.15) is 23.1 Å². The zero-order valence-electron chi connectivity index (χ0n) is 15.1. The number of anilines is 1. The average Bonchev–Trinajstić information content (AvgIpc) is 2.58. The highest BCUT2D eigenvalue weighted by atomic mass is 19.1. The number of halogens is 2. The molecule has 2 N–H and O–H groups in total. The van der Waals surface area contributed by atoms with Gasteiger partial charge in [-0.05, 0) is 57.0 Å². The summed E-state index contributed by atoms with van der Waals surface area (Å²) in [7, 11) is 0. The van der Waals surface area contributed by atoms with E-state index in [9.17, 15) is 8.78 Å². The lowest BCUT2D eigenvalue weighted by atomic mass is 10.2. The number of rotatable bonds is 10. The summed E-state index contributed by atoms with van der Waals surface area (Å²) in [5.41, 5.74) is 6.70. The van der Waals surface area contributed by atoms with Gasteiger partial charge in [-0.2, -0.15) is 0 Å². The summed E-state index contributed by atoms with van der Waals surface area (Å²) in [6, 6.07) is 8.69. The highest BCUT2D eigenvalue weighted by Gasteiger charge is 2.05. The van der Waals surface area contributed by atoms with Crippen molar-refractivity contribution in [3.8, 4) is 11.5 Å². The fourth-order valence-corrected chi connectivity index (χ4v) is 2.33. The molecule has 0 saturated carbocycles. The summed E-state index contributed by atoms with van der Waals surface area (Å²) < 4.78 is 43.1. The number of hydrogen-bond acceptors (Lipinski definition) is 4. The average molecular weight is 365 g/mol. The molecule has 0 bridgehead atoms. The van der Waals surface area contributed by atoms with Gasteiger partial charge in [0.25, 0.3) is 0 Å². The minimum absolute atomic E-state index is 0.0503. The molecule has 0 fully saturated rings. The van der Waals surface area contributed by atoms with Crippen LogP contribution in [0.15, 0.2) is 36.4 Å².